The number of nitrogens with one attached hydrogen (secondary N) is 1. The molecule has 0 fully saturated rings. The van der Waals surface area contributed by atoms with Crippen molar-refractivity contribution in [1.29, 1.82) is 0 Å². The molecule has 1 heterocycles. The van der Waals surface area contributed by atoms with E-state index >= 15 is 0 Å². The molecule has 0 saturated heterocycles. The van der Waals surface area contributed by atoms with Gasteiger partial charge in [-0.05, 0) is 18.6 Å². The number of amides is 1. The second-order valence-electron chi connectivity index (χ2n) is 3.78. The van der Waals surface area contributed by atoms with Crippen LogP contribution < -0.4 is 10.1 Å². The predicted molar refractivity (Wildman–Crippen MR) is 55.1 cm³/mol. The number of carbonyl (C=O) groups excluding carboxylic acids is 1. The van der Waals surface area contributed by atoms with Crippen molar-refractivity contribution in [2.45, 2.75) is 19.5 Å². The van der Waals surface area contributed by atoms with Crippen molar-refractivity contribution >= 4 is 11.6 Å². The van der Waals surface area contributed by atoms with Crippen LogP contribution in [0.1, 0.15) is 11.1 Å². The van der Waals surface area contributed by atoms with Gasteiger partial charge in [-0.25, -0.2) is 0 Å². The molecule has 1 N–H and O–H groups in total. The SMILES string of the molecule is Cc1c(NC(=O)C(F)(F)F)ccc2c1OCC2. The molecule has 0 atom stereocenters. The van der Waals surface area contributed by atoms with Crippen LogP contribution in [-0.4, -0.2) is 18.7 Å². The lowest BCUT2D eigenvalue weighted by molar-refractivity contribution is -0.167. The molecule has 0 saturated carbocycles. The average Bonchev–Trinajstić information content (AvgIpc) is 2.69. The Labute approximate surface area is 95.6 Å². The largest absolute Gasteiger partial charge is 0.493 e. The van der Waals surface area contributed by atoms with Crippen LogP contribution in [0.25, 0.3) is 0 Å². The molecule has 0 bridgehead atoms. The second kappa shape index (κ2) is 3.94. The Hall–Kier alpha value is -1.72. The van der Waals surface area contributed by atoms with Gasteiger partial charge in [0, 0.05) is 17.7 Å². The summed E-state index contributed by atoms with van der Waals surface area (Å²) in [4.78, 5) is 10.8. The van der Waals surface area contributed by atoms with Crippen molar-refractivity contribution in [3.05, 3.63) is 23.3 Å². The summed E-state index contributed by atoms with van der Waals surface area (Å²) in [6.07, 6.45) is -4.14. The lowest BCUT2D eigenvalue weighted by atomic mass is 10.1. The van der Waals surface area contributed by atoms with Crippen molar-refractivity contribution < 1.29 is 22.7 Å². The van der Waals surface area contributed by atoms with Crippen LogP contribution >= 0.6 is 0 Å². The zero-order valence-corrected chi connectivity index (χ0v) is 9.02. The molecule has 0 unspecified atom stereocenters. The van der Waals surface area contributed by atoms with E-state index in [1.165, 1.54) is 6.07 Å². The van der Waals surface area contributed by atoms with Gasteiger partial charge in [-0.1, -0.05) is 6.07 Å². The Morgan fingerprint density at radius 2 is 2.12 bits per heavy atom. The number of rotatable bonds is 1. The van der Waals surface area contributed by atoms with E-state index in [0.717, 1.165) is 12.0 Å². The summed E-state index contributed by atoms with van der Waals surface area (Å²) in [6.45, 7) is 2.14. The maximum atomic E-state index is 12.1. The van der Waals surface area contributed by atoms with E-state index in [1.54, 1.807) is 13.0 Å². The first-order valence-corrected chi connectivity index (χ1v) is 5.03. The quantitative estimate of drug-likeness (QED) is 0.825. The molecule has 1 aliphatic rings. The fraction of sp³-hybridized carbons (Fsp3) is 0.364. The van der Waals surface area contributed by atoms with E-state index < -0.39 is 12.1 Å². The Bertz CT molecular complexity index is 469. The van der Waals surface area contributed by atoms with Gasteiger partial charge in [0.25, 0.3) is 0 Å². The highest BCUT2D eigenvalue weighted by molar-refractivity contribution is 5.95. The van der Waals surface area contributed by atoms with Gasteiger partial charge in [0.1, 0.15) is 5.75 Å². The number of hydrogen-bond donors (Lipinski definition) is 1. The average molecular weight is 245 g/mol. The zero-order valence-electron chi connectivity index (χ0n) is 9.02. The molecule has 6 heteroatoms. The highest BCUT2D eigenvalue weighted by Gasteiger charge is 2.39. The van der Waals surface area contributed by atoms with Crippen molar-refractivity contribution in [2.75, 3.05) is 11.9 Å². The van der Waals surface area contributed by atoms with Gasteiger partial charge in [-0.2, -0.15) is 13.2 Å². The maximum Gasteiger partial charge on any atom is 0.471 e. The van der Waals surface area contributed by atoms with Crippen molar-refractivity contribution in [2.24, 2.45) is 0 Å². The van der Waals surface area contributed by atoms with Crippen molar-refractivity contribution in [1.82, 2.24) is 0 Å². The van der Waals surface area contributed by atoms with E-state index in [1.807, 2.05) is 5.32 Å². The van der Waals surface area contributed by atoms with Gasteiger partial charge in [0.15, 0.2) is 0 Å². The van der Waals surface area contributed by atoms with Gasteiger partial charge < -0.3 is 10.1 Å². The summed E-state index contributed by atoms with van der Waals surface area (Å²) in [5.74, 6) is -1.40. The van der Waals surface area contributed by atoms with Crippen LogP contribution in [0.5, 0.6) is 5.75 Å². The lowest BCUT2D eigenvalue weighted by Crippen LogP contribution is -2.30. The first-order chi connectivity index (χ1) is 7.89. The minimum atomic E-state index is -4.88. The number of alkyl halides is 3. The van der Waals surface area contributed by atoms with E-state index in [-0.39, 0.29) is 5.69 Å². The first-order valence-electron chi connectivity index (χ1n) is 5.03. The number of halogens is 3. The summed E-state index contributed by atoms with van der Waals surface area (Å²) in [7, 11) is 0. The minimum absolute atomic E-state index is 0.132. The zero-order chi connectivity index (χ0) is 12.6. The molecule has 3 nitrogen and oxygen atoms in total. The minimum Gasteiger partial charge on any atom is -0.493 e. The topological polar surface area (TPSA) is 38.3 Å². The second-order valence-corrected chi connectivity index (χ2v) is 3.78. The molecule has 2 rings (SSSR count). The van der Waals surface area contributed by atoms with Crippen LogP contribution in [0.15, 0.2) is 12.1 Å². The van der Waals surface area contributed by atoms with Crippen LogP contribution in [-0.2, 0) is 11.2 Å². The molecule has 1 aromatic rings. The molecule has 17 heavy (non-hydrogen) atoms. The van der Waals surface area contributed by atoms with E-state index in [0.29, 0.717) is 17.9 Å². The molecule has 92 valence electrons. The smallest absolute Gasteiger partial charge is 0.471 e. The van der Waals surface area contributed by atoms with Crippen LogP contribution in [0.3, 0.4) is 0 Å². The Morgan fingerprint density at radius 3 is 2.76 bits per heavy atom. The van der Waals surface area contributed by atoms with Crippen LogP contribution in [0.2, 0.25) is 0 Å². The van der Waals surface area contributed by atoms with Crippen LogP contribution in [0.4, 0.5) is 18.9 Å². The summed E-state index contributed by atoms with van der Waals surface area (Å²) < 4.78 is 41.6. The monoisotopic (exact) mass is 245 g/mol. The Kier molecular flexibility index (Phi) is 2.73. The highest BCUT2D eigenvalue weighted by atomic mass is 19.4. The number of ether oxygens (including phenoxy) is 1. The molecule has 1 aromatic carbocycles. The Balaban J connectivity index is 2.26. The molecule has 0 aliphatic carbocycles. The Morgan fingerprint density at radius 1 is 1.41 bits per heavy atom. The molecular formula is C11H10F3NO2. The fourth-order valence-corrected chi connectivity index (χ4v) is 1.74. The molecule has 0 spiro atoms. The third kappa shape index (κ3) is 2.20. The number of fused-ring (bicyclic) bond motifs is 1. The lowest BCUT2D eigenvalue weighted by Gasteiger charge is -2.12. The van der Waals surface area contributed by atoms with Crippen LogP contribution in [0, 0.1) is 6.92 Å². The number of benzene rings is 1. The summed E-state index contributed by atoms with van der Waals surface area (Å²) in [5, 5.41) is 1.84. The highest BCUT2D eigenvalue weighted by Crippen LogP contribution is 2.34. The summed E-state index contributed by atoms with van der Waals surface area (Å²) >= 11 is 0. The van der Waals surface area contributed by atoms with Crippen molar-refractivity contribution in [3.63, 3.8) is 0 Å². The third-order valence-corrected chi connectivity index (χ3v) is 2.61. The molecule has 0 radical (unpaired) electrons. The maximum absolute atomic E-state index is 12.1. The van der Waals surface area contributed by atoms with E-state index in [4.69, 9.17) is 4.74 Å². The molecular weight excluding hydrogens is 235 g/mol. The van der Waals surface area contributed by atoms with Gasteiger partial charge in [0.05, 0.1) is 6.61 Å². The fourth-order valence-electron chi connectivity index (χ4n) is 1.74. The van der Waals surface area contributed by atoms with Crippen molar-refractivity contribution in [3.8, 4) is 5.75 Å². The van der Waals surface area contributed by atoms with Gasteiger partial charge in [-0.3, -0.25) is 4.79 Å². The predicted octanol–water partition coefficient (Wildman–Crippen LogP) is 2.43. The third-order valence-electron chi connectivity index (χ3n) is 2.61. The number of anilines is 1. The summed E-state index contributed by atoms with van der Waals surface area (Å²) in [6, 6.07) is 3.13. The van der Waals surface area contributed by atoms with E-state index in [2.05, 4.69) is 0 Å². The van der Waals surface area contributed by atoms with E-state index in [9.17, 15) is 18.0 Å². The normalized spacial score (nSPS) is 14.1. The first kappa shape index (κ1) is 11.8. The standard InChI is InChI=1S/C11H10F3NO2/c1-6-8(15-10(16)11(12,13)14)3-2-7-4-5-17-9(6)7/h2-3H,4-5H2,1H3,(H,15,16). The number of hydrogen-bond acceptors (Lipinski definition) is 2. The summed E-state index contributed by atoms with van der Waals surface area (Å²) in [5.41, 5.74) is 1.61. The molecule has 0 aromatic heterocycles. The molecule has 1 aliphatic heterocycles. The van der Waals surface area contributed by atoms with Gasteiger partial charge in [-0.15, -0.1) is 0 Å². The number of carbonyl (C=O) groups is 1. The van der Waals surface area contributed by atoms with Gasteiger partial charge >= 0.3 is 12.1 Å². The van der Waals surface area contributed by atoms with Gasteiger partial charge in [0.2, 0.25) is 0 Å². The molecule has 1 amide bonds.